The maximum absolute atomic E-state index is 12.2. The van der Waals surface area contributed by atoms with E-state index in [-0.39, 0.29) is 11.4 Å². The summed E-state index contributed by atoms with van der Waals surface area (Å²) < 4.78 is 4.96. The van der Waals surface area contributed by atoms with Crippen molar-refractivity contribution >= 4 is 12.1 Å². The summed E-state index contributed by atoms with van der Waals surface area (Å²) in [7, 11) is 1.39. The Bertz CT molecular complexity index is 356. The molecule has 0 aromatic carbocycles. The highest BCUT2D eigenvalue weighted by molar-refractivity contribution is 5.81. The Morgan fingerprint density at radius 2 is 1.53 bits per heavy atom. The van der Waals surface area contributed by atoms with Crippen molar-refractivity contribution in [2.24, 2.45) is 5.41 Å². The zero-order valence-electron chi connectivity index (χ0n) is 12.4. The van der Waals surface area contributed by atoms with E-state index in [2.05, 4.69) is 0 Å². The van der Waals surface area contributed by atoms with Crippen LogP contribution in [0.5, 0.6) is 0 Å². The molecule has 0 saturated carbocycles. The third-order valence-corrected chi connectivity index (χ3v) is 4.23. The molecule has 0 bridgehead atoms. The Kier molecular flexibility index (Phi) is 4.45. The molecule has 0 spiro atoms. The van der Waals surface area contributed by atoms with E-state index in [0.29, 0.717) is 26.2 Å². The van der Waals surface area contributed by atoms with Crippen molar-refractivity contribution in [3.8, 4) is 0 Å². The van der Waals surface area contributed by atoms with Crippen LogP contribution in [0, 0.1) is 5.41 Å². The average molecular weight is 272 g/mol. The zero-order valence-corrected chi connectivity index (χ0v) is 12.4. The normalized spacial score (nSPS) is 20.8. The number of piperazine rings is 1. The molecule has 1 amide bonds. The summed E-state index contributed by atoms with van der Waals surface area (Å²) in [5.74, 6) is -0.274. The minimum Gasteiger partial charge on any atom is -0.468 e. The maximum atomic E-state index is 12.2. The standard InChI is InChI=1S/C13H24N2O4/c1-12(2,3)13(4,10(16)19-5)15-8-6-14(7-9-15)11(17)18/h6-9H2,1-5H3,(H,17,18). The Labute approximate surface area is 114 Å². The number of ether oxygens (including phenoxy) is 1. The molecule has 1 saturated heterocycles. The largest absolute Gasteiger partial charge is 0.468 e. The van der Waals surface area contributed by atoms with Crippen LogP contribution in [0.25, 0.3) is 0 Å². The zero-order chi connectivity index (χ0) is 14.8. The molecule has 1 heterocycles. The summed E-state index contributed by atoms with van der Waals surface area (Å²) >= 11 is 0. The number of rotatable bonds is 2. The van der Waals surface area contributed by atoms with Crippen molar-refractivity contribution in [2.75, 3.05) is 33.3 Å². The van der Waals surface area contributed by atoms with Gasteiger partial charge in [-0.25, -0.2) is 4.79 Å². The topological polar surface area (TPSA) is 70.1 Å². The molecule has 1 aliphatic heterocycles. The van der Waals surface area contributed by atoms with Crippen LogP contribution in [-0.2, 0) is 9.53 Å². The third-order valence-electron chi connectivity index (χ3n) is 4.23. The molecule has 0 aromatic heterocycles. The van der Waals surface area contributed by atoms with Crippen LogP contribution in [0.4, 0.5) is 4.79 Å². The molecular formula is C13H24N2O4. The predicted octanol–water partition coefficient (Wildman–Crippen LogP) is 1.26. The molecule has 1 aliphatic rings. The number of carbonyl (C=O) groups is 2. The Hall–Kier alpha value is -1.30. The summed E-state index contributed by atoms with van der Waals surface area (Å²) in [6, 6.07) is 0. The molecule has 19 heavy (non-hydrogen) atoms. The first-order valence-corrected chi connectivity index (χ1v) is 6.46. The van der Waals surface area contributed by atoms with E-state index in [4.69, 9.17) is 9.84 Å². The highest BCUT2D eigenvalue weighted by Gasteiger charge is 2.50. The fourth-order valence-corrected chi connectivity index (χ4v) is 2.45. The Morgan fingerprint density at radius 3 is 1.84 bits per heavy atom. The lowest BCUT2D eigenvalue weighted by molar-refractivity contribution is -0.164. The first-order valence-electron chi connectivity index (χ1n) is 6.46. The van der Waals surface area contributed by atoms with Gasteiger partial charge in [0.25, 0.3) is 0 Å². The number of esters is 1. The number of nitrogens with zero attached hydrogens (tertiary/aromatic N) is 2. The number of carbonyl (C=O) groups excluding carboxylic acids is 1. The molecular weight excluding hydrogens is 248 g/mol. The molecule has 1 unspecified atom stereocenters. The number of carboxylic acid groups (broad SMARTS) is 1. The van der Waals surface area contributed by atoms with Crippen LogP contribution >= 0.6 is 0 Å². The molecule has 6 nitrogen and oxygen atoms in total. The average Bonchev–Trinajstić information content (AvgIpc) is 2.35. The fraction of sp³-hybridized carbons (Fsp3) is 0.846. The summed E-state index contributed by atoms with van der Waals surface area (Å²) in [6.07, 6.45) is -0.907. The Morgan fingerprint density at radius 1 is 1.05 bits per heavy atom. The Balaban J connectivity index is 2.91. The second-order valence-corrected chi connectivity index (χ2v) is 6.07. The molecule has 0 aromatic rings. The highest BCUT2D eigenvalue weighted by Crippen LogP contribution is 2.37. The van der Waals surface area contributed by atoms with Crippen molar-refractivity contribution in [2.45, 2.75) is 33.2 Å². The van der Waals surface area contributed by atoms with Gasteiger partial charge in [-0.1, -0.05) is 20.8 Å². The quantitative estimate of drug-likeness (QED) is 0.766. The number of hydrogen-bond acceptors (Lipinski definition) is 4. The lowest BCUT2D eigenvalue weighted by Gasteiger charge is -2.49. The van der Waals surface area contributed by atoms with Gasteiger partial charge >= 0.3 is 12.1 Å². The van der Waals surface area contributed by atoms with E-state index >= 15 is 0 Å². The van der Waals surface area contributed by atoms with E-state index in [0.717, 1.165) is 0 Å². The SMILES string of the molecule is COC(=O)C(C)(N1CCN(C(=O)O)CC1)C(C)(C)C. The van der Waals surface area contributed by atoms with E-state index in [1.54, 1.807) is 0 Å². The molecule has 1 fully saturated rings. The summed E-state index contributed by atoms with van der Waals surface area (Å²) in [4.78, 5) is 26.5. The fourth-order valence-electron chi connectivity index (χ4n) is 2.45. The van der Waals surface area contributed by atoms with Crippen molar-refractivity contribution in [3.63, 3.8) is 0 Å². The van der Waals surface area contributed by atoms with Gasteiger partial charge in [0.05, 0.1) is 7.11 Å². The smallest absolute Gasteiger partial charge is 0.407 e. The van der Waals surface area contributed by atoms with Gasteiger partial charge < -0.3 is 14.7 Å². The summed E-state index contributed by atoms with van der Waals surface area (Å²) in [6.45, 7) is 9.75. The predicted molar refractivity (Wildman–Crippen MR) is 71.0 cm³/mol. The van der Waals surface area contributed by atoms with Crippen LogP contribution in [-0.4, -0.2) is 65.8 Å². The second kappa shape index (κ2) is 5.36. The molecule has 1 atom stereocenters. The van der Waals surface area contributed by atoms with Gasteiger partial charge in [0.1, 0.15) is 5.54 Å². The van der Waals surface area contributed by atoms with E-state index in [1.807, 2.05) is 32.6 Å². The molecule has 0 radical (unpaired) electrons. The maximum Gasteiger partial charge on any atom is 0.407 e. The van der Waals surface area contributed by atoms with Gasteiger partial charge in [-0.2, -0.15) is 0 Å². The van der Waals surface area contributed by atoms with Crippen molar-refractivity contribution < 1.29 is 19.4 Å². The van der Waals surface area contributed by atoms with Crippen molar-refractivity contribution in [1.82, 2.24) is 9.80 Å². The monoisotopic (exact) mass is 272 g/mol. The van der Waals surface area contributed by atoms with Crippen molar-refractivity contribution in [1.29, 1.82) is 0 Å². The second-order valence-electron chi connectivity index (χ2n) is 6.07. The van der Waals surface area contributed by atoms with E-state index in [9.17, 15) is 9.59 Å². The molecule has 1 rings (SSSR count). The third kappa shape index (κ3) is 2.83. The van der Waals surface area contributed by atoms with Crippen LogP contribution in [0.15, 0.2) is 0 Å². The van der Waals surface area contributed by atoms with E-state index < -0.39 is 11.6 Å². The van der Waals surface area contributed by atoms with Crippen LogP contribution in [0.1, 0.15) is 27.7 Å². The molecule has 110 valence electrons. The van der Waals surface area contributed by atoms with Gasteiger partial charge in [0.2, 0.25) is 0 Å². The highest BCUT2D eigenvalue weighted by atomic mass is 16.5. The molecule has 0 aliphatic carbocycles. The first kappa shape index (κ1) is 15.8. The number of hydrogen-bond donors (Lipinski definition) is 1. The first-order chi connectivity index (χ1) is 8.64. The minimum atomic E-state index is -0.907. The molecule has 6 heteroatoms. The van der Waals surface area contributed by atoms with Gasteiger partial charge in [-0.15, -0.1) is 0 Å². The van der Waals surface area contributed by atoms with Gasteiger partial charge in [0, 0.05) is 26.2 Å². The lowest BCUT2D eigenvalue weighted by Crippen LogP contribution is -2.65. The molecule has 1 N–H and O–H groups in total. The van der Waals surface area contributed by atoms with Crippen LogP contribution in [0.2, 0.25) is 0 Å². The van der Waals surface area contributed by atoms with Gasteiger partial charge in [-0.3, -0.25) is 9.69 Å². The number of amides is 1. The minimum absolute atomic E-state index is 0.274. The van der Waals surface area contributed by atoms with Crippen LogP contribution in [0.3, 0.4) is 0 Å². The number of methoxy groups -OCH3 is 1. The summed E-state index contributed by atoms with van der Waals surface area (Å²) in [5.41, 5.74) is -1.06. The van der Waals surface area contributed by atoms with Crippen LogP contribution < -0.4 is 0 Å². The van der Waals surface area contributed by atoms with Gasteiger partial charge in [0.15, 0.2) is 0 Å². The van der Waals surface area contributed by atoms with Gasteiger partial charge in [-0.05, 0) is 12.3 Å². The van der Waals surface area contributed by atoms with E-state index in [1.165, 1.54) is 12.0 Å². The lowest BCUT2D eigenvalue weighted by atomic mass is 9.73. The summed E-state index contributed by atoms with van der Waals surface area (Å²) in [5, 5.41) is 8.96. The van der Waals surface area contributed by atoms with Crippen molar-refractivity contribution in [3.05, 3.63) is 0 Å².